The highest BCUT2D eigenvalue weighted by Gasteiger charge is 2.30. The third-order valence-corrected chi connectivity index (χ3v) is 18.2. The van der Waals surface area contributed by atoms with E-state index >= 15 is 0 Å². The summed E-state index contributed by atoms with van der Waals surface area (Å²) in [5.41, 5.74) is 0. The Kier molecular flexibility index (Phi) is 68.9. The van der Waals surface area contributed by atoms with Crippen LogP contribution in [0.4, 0.5) is 0 Å². The van der Waals surface area contributed by atoms with Crippen molar-refractivity contribution in [1.82, 2.24) is 0 Å². The first-order valence-corrected chi connectivity index (χ1v) is 41.8. The minimum Gasteiger partial charge on any atom is -0.462 e. The molecule has 0 aromatic heterocycles. The first kappa shape index (κ1) is 94.2. The molecule has 0 fully saturated rings. The number of carbonyl (C=O) groups is 4. The molecule has 0 aromatic carbocycles. The molecule has 0 saturated heterocycles. The first-order chi connectivity index (χ1) is 47.7. The molecule has 2 unspecified atom stereocenters. The number of aliphatic hydroxyl groups is 1. The summed E-state index contributed by atoms with van der Waals surface area (Å²) in [6.45, 7) is 4.76. The molecule has 5 atom stereocenters. The lowest BCUT2D eigenvalue weighted by Gasteiger charge is -2.21. The van der Waals surface area contributed by atoms with E-state index < -0.39 is 97.5 Å². The number of unbranched alkanes of at least 4 members (excludes halogenated alkanes) is 34. The summed E-state index contributed by atoms with van der Waals surface area (Å²) >= 11 is 0. The van der Waals surface area contributed by atoms with Gasteiger partial charge in [0.15, 0.2) is 12.2 Å². The Morgan fingerprint density at radius 3 is 0.847 bits per heavy atom. The molecule has 98 heavy (non-hydrogen) atoms. The fraction of sp³-hybridized carbons (Fsp3) is 0.772. The summed E-state index contributed by atoms with van der Waals surface area (Å²) < 4.78 is 68.5. The van der Waals surface area contributed by atoms with Gasteiger partial charge in [-0.15, -0.1) is 0 Å². The van der Waals surface area contributed by atoms with Crippen LogP contribution in [-0.4, -0.2) is 96.7 Å². The van der Waals surface area contributed by atoms with Crippen LogP contribution < -0.4 is 0 Å². The average molecular weight is 1420 g/mol. The zero-order valence-electron chi connectivity index (χ0n) is 62.0. The van der Waals surface area contributed by atoms with E-state index in [4.69, 9.17) is 37.0 Å². The lowest BCUT2D eigenvalue weighted by molar-refractivity contribution is -0.161. The van der Waals surface area contributed by atoms with E-state index in [-0.39, 0.29) is 25.7 Å². The lowest BCUT2D eigenvalue weighted by atomic mass is 10.1. The van der Waals surface area contributed by atoms with Crippen LogP contribution in [0.3, 0.4) is 0 Å². The van der Waals surface area contributed by atoms with Crippen LogP contribution in [0.1, 0.15) is 336 Å². The van der Waals surface area contributed by atoms with Gasteiger partial charge in [0, 0.05) is 25.7 Å². The molecule has 0 heterocycles. The van der Waals surface area contributed by atoms with Gasteiger partial charge in [-0.1, -0.05) is 254 Å². The Labute approximate surface area is 595 Å². The number of carbonyl (C=O) groups excluding carboxylic acids is 4. The normalized spacial score (nSPS) is 14.4. The van der Waals surface area contributed by atoms with Gasteiger partial charge in [0.25, 0.3) is 0 Å². The summed E-state index contributed by atoms with van der Waals surface area (Å²) in [6.07, 6.45) is 72.7. The molecule has 568 valence electrons. The molecule has 17 nitrogen and oxygen atoms in total. The van der Waals surface area contributed by atoms with Crippen molar-refractivity contribution in [2.45, 2.75) is 354 Å². The minimum absolute atomic E-state index is 0.0763. The molecule has 0 saturated carbocycles. The van der Waals surface area contributed by atoms with Crippen LogP contribution in [-0.2, 0) is 65.4 Å². The number of phosphoric acid groups is 2. The van der Waals surface area contributed by atoms with E-state index in [9.17, 15) is 43.2 Å². The van der Waals surface area contributed by atoms with Crippen LogP contribution in [0.5, 0.6) is 0 Å². The molecule has 0 rings (SSSR count). The highest BCUT2D eigenvalue weighted by molar-refractivity contribution is 7.47. The van der Waals surface area contributed by atoms with Gasteiger partial charge in [-0.3, -0.25) is 37.3 Å². The topological polar surface area (TPSA) is 237 Å². The van der Waals surface area contributed by atoms with Gasteiger partial charge in [-0.2, -0.15) is 0 Å². The maximum atomic E-state index is 13.1. The number of phosphoric ester groups is 2. The molecule has 0 aliphatic heterocycles. The molecule has 0 spiro atoms. The van der Waals surface area contributed by atoms with Crippen LogP contribution in [0.2, 0.25) is 0 Å². The summed E-state index contributed by atoms with van der Waals surface area (Å²) in [6, 6.07) is 0. The van der Waals surface area contributed by atoms with Gasteiger partial charge in [-0.25, -0.2) is 9.13 Å². The zero-order valence-corrected chi connectivity index (χ0v) is 63.7. The van der Waals surface area contributed by atoms with Crippen molar-refractivity contribution < 1.29 is 80.2 Å². The summed E-state index contributed by atoms with van der Waals surface area (Å²) in [4.78, 5) is 72.9. The zero-order chi connectivity index (χ0) is 71.8. The smallest absolute Gasteiger partial charge is 0.462 e. The monoisotopic (exact) mass is 1420 g/mol. The fourth-order valence-electron chi connectivity index (χ4n) is 10.3. The molecule has 0 aromatic rings. The Bertz CT molecular complexity index is 2190. The highest BCUT2D eigenvalue weighted by Crippen LogP contribution is 2.45. The predicted molar refractivity (Wildman–Crippen MR) is 399 cm³/mol. The maximum Gasteiger partial charge on any atom is 0.472 e. The molecular formula is C79H140O17P2. The van der Waals surface area contributed by atoms with Crippen molar-refractivity contribution in [3.8, 4) is 0 Å². The minimum atomic E-state index is -4.98. The SMILES string of the molecule is CCCCC/C=C\C/C=C\CCCCCCCC(=O)O[C@H](COC(=O)CCCCCCC/C=C\C=C/CCCCCC)COP(=O)(O)OC[C@H](O)COP(=O)(O)OC[C@@H](COC(=O)CCCCCCC/C=C\CCCCCC)OC(=O)CCCCCCC/C=C\C/C=C\CCCCC. The Morgan fingerprint density at radius 1 is 0.296 bits per heavy atom. The van der Waals surface area contributed by atoms with Gasteiger partial charge in [0.1, 0.15) is 19.3 Å². The predicted octanol–water partition coefficient (Wildman–Crippen LogP) is 22.2. The maximum absolute atomic E-state index is 13.1. The molecule has 19 heteroatoms. The Balaban J connectivity index is 5.38. The Morgan fingerprint density at radius 2 is 0.531 bits per heavy atom. The van der Waals surface area contributed by atoms with E-state index in [0.717, 1.165) is 167 Å². The largest absolute Gasteiger partial charge is 0.472 e. The van der Waals surface area contributed by atoms with Crippen LogP contribution in [0, 0.1) is 0 Å². The molecule has 0 amide bonds. The Hall–Kier alpha value is -3.76. The van der Waals surface area contributed by atoms with E-state index in [0.29, 0.717) is 25.7 Å². The van der Waals surface area contributed by atoms with Crippen molar-refractivity contribution in [3.63, 3.8) is 0 Å². The molecular weight excluding hydrogens is 1280 g/mol. The number of ether oxygens (including phenoxy) is 4. The third-order valence-electron chi connectivity index (χ3n) is 16.3. The van der Waals surface area contributed by atoms with Gasteiger partial charge in [0.05, 0.1) is 26.4 Å². The van der Waals surface area contributed by atoms with E-state index in [1.54, 1.807) is 0 Å². The molecule has 0 radical (unpaired) electrons. The van der Waals surface area contributed by atoms with Gasteiger partial charge < -0.3 is 33.8 Å². The molecule has 0 bridgehead atoms. The number of aliphatic hydroxyl groups excluding tert-OH is 1. The second-order valence-electron chi connectivity index (χ2n) is 26.0. The number of rotatable bonds is 73. The van der Waals surface area contributed by atoms with Crippen molar-refractivity contribution in [3.05, 3.63) is 85.1 Å². The molecule has 0 aliphatic carbocycles. The lowest BCUT2D eigenvalue weighted by Crippen LogP contribution is -2.30. The highest BCUT2D eigenvalue weighted by atomic mass is 31.2. The van der Waals surface area contributed by atoms with E-state index in [2.05, 4.69) is 113 Å². The van der Waals surface area contributed by atoms with Crippen molar-refractivity contribution in [1.29, 1.82) is 0 Å². The number of hydrogen-bond donors (Lipinski definition) is 3. The first-order valence-electron chi connectivity index (χ1n) is 38.8. The van der Waals surface area contributed by atoms with Crippen molar-refractivity contribution in [2.24, 2.45) is 0 Å². The van der Waals surface area contributed by atoms with E-state index in [1.807, 2.05) is 0 Å². The van der Waals surface area contributed by atoms with Crippen LogP contribution in [0.25, 0.3) is 0 Å². The second kappa shape index (κ2) is 71.6. The second-order valence-corrected chi connectivity index (χ2v) is 28.9. The van der Waals surface area contributed by atoms with Crippen LogP contribution in [0.15, 0.2) is 85.1 Å². The number of allylic oxidation sites excluding steroid dienone is 14. The number of hydrogen-bond acceptors (Lipinski definition) is 15. The standard InChI is InChI=1S/C79H140O17P2/c1-5-9-13-17-21-25-29-33-36-40-44-48-52-56-60-64-77(82)90-70-75(96-79(84)66-62-58-54-50-46-42-38-35-31-27-23-19-15-11-7-3)72-94-98(87,88)92-68-73(80)67-91-97(85,86)93-71-74(69-89-76(81)63-59-55-51-47-43-39-32-28-24-20-16-12-8-4)95-78(83)65-61-57-53-49-45-41-37-34-30-26-22-18-14-10-6-2/h22-23,25-29,32-38,73-75,80H,5-21,24,30-31,39-72H2,1-4H3,(H,85,86)(H,87,88)/b26-22-,27-23-,29-25-,32-28-,36-33-,37-34-,38-35-/t73-,74-,75-/m1/s1. The molecule has 3 N–H and O–H groups in total. The summed E-state index contributed by atoms with van der Waals surface area (Å²) in [5, 5.41) is 10.6. The third kappa shape index (κ3) is 70.7. The average Bonchev–Trinajstić information content (AvgIpc) is 1.04. The quantitative estimate of drug-likeness (QED) is 0.0128. The van der Waals surface area contributed by atoms with Gasteiger partial charge in [0.2, 0.25) is 0 Å². The fourth-order valence-corrected chi connectivity index (χ4v) is 11.9. The number of esters is 4. The van der Waals surface area contributed by atoms with Crippen molar-refractivity contribution >= 4 is 39.5 Å². The van der Waals surface area contributed by atoms with Gasteiger partial charge >= 0.3 is 39.5 Å². The molecule has 0 aliphatic rings. The summed E-state index contributed by atoms with van der Waals surface area (Å²) in [7, 11) is -9.96. The van der Waals surface area contributed by atoms with Crippen LogP contribution >= 0.6 is 15.6 Å². The van der Waals surface area contributed by atoms with E-state index in [1.165, 1.54) is 89.9 Å². The van der Waals surface area contributed by atoms with Crippen molar-refractivity contribution in [2.75, 3.05) is 39.6 Å². The summed E-state index contributed by atoms with van der Waals surface area (Å²) in [5.74, 6) is -2.22. The van der Waals surface area contributed by atoms with Gasteiger partial charge in [-0.05, 0) is 141 Å².